The average molecular weight is 517 g/mol. The summed E-state index contributed by atoms with van der Waals surface area (Å²) in [5.74, 6) is 3.56. The second kappa shape index (κ2) is 11.2. The van der Waals surface area contributed by atoms with Crippen molar-refractivity contribution in [2.24, 2.45) is 0 Å². The average Bonchev–Trinajstić information content (AvgIpc) is 3.71. The summed E-state index contributed by atoms with van der Waals surface area (Å²) < 4.78 is 11.3. The van der Waals surface area contributed by atoms with E-state index in [1.54, 1.807) is 6.20 Å². The Bertz CT molecular complexity index is 1330. The number of nitrogens with zero attached hydrogens (tertiary/aromatic N) is 7. The van der Waals surface area contributed by atoms with E-state index in [9.17, 15) is 0 Å². The predicted molar refractivity (Wildman–Crippen MR) is 143 cm³/mol. The Morgan fingerprint density at radius 1 is 1.03 bits per heavy atom. The fourth-order valence-electron chi connectivity index (χ4n) is 4.88. The summed E-state index contributed by atoms with van der Waals surface area (Å²) in [7, 11) is 0. The molecule has 4 aromatic heterocycles. The van der Waals surface area contributed by atoms with E-state index in [1.807, 2.05) is 43.3 Å². The first kappa shape index (κ1) is 24.3. The normalized spacial score (nSPS) is 18.1. The third-order valence-corrected chi connectivity index (χ3v) is 6.81. The summed E-state index contributed by atoms with van der Waals surface area (Å²) in [6.07, 6.45) is 3.69. The molecule has 2 aliphatic rings. The lowest BCUT2D eigenvalue weighted by atomic mass is 10.1. The lowest BCUT2D eigenvalue weighted by molar-refractivity contribution is 0.0398. The minimum atomic E-state index is -0.0101. The van der Waals surface area contributed by atoms with E-state index in [0.29, 0.717) is 17.6 Å². The lowest BCUT2D eigenvalue weighted by Gasteiger charge is -2.27. The van der Waals surface area contributed by atoms with Crippen LogP contribution in [-0.4, -0.2) is 81.1 Å². The van der Waals surface area contributed by atoms with Crippen LogP contribution in [0.25, 0.3) is 11.4 Å². The van der Waals surface area contributed by atoms with E-state index >= 15 is 0 Å². The maximum Gasteiger partial charge on any atom is 0.229 e. The predicted octanol–water partition coefficient (Wildman–Crippen LogP) is 3.39. The maximum atomic E-state index is 5.80. The summed E-state index contributed by atoms with van der Waals surface area (Å²) in [5, 5.41) is 18.4. The van der Waals surface area contributed by atoms with Gasteiger partial charge in [-0.15, -0.1) is 0 Å². The van der Waals surface area contributed by atoms with Crippen molar-refractivity contribution in [2.75, 3.05) is 61.5 Å². The summed E-state index contributed by atoms with van der Waals surface area (Å²) in [5.41, 5.74) is 2.48. The van der Waals surface area contributed by atoms with Crippen LogP contribution in [0.1, 0.15) is 30.3 Å². The van der Waals surface area contributed by atoms with Crippen molar-refractivity contribution >= 4 is 23.4 Å². The molecular formula is C26H32N10O2. The molecule has 6 rings (SSSR count). The van der Waals surface area contributed by atoms with E-state index in [-0.39, 0.29) is 6.04 Å². The van der Waals surface area contributed by atoms with E-state index < -0.39 is 0 Å². The van der Waals surface area contributed by atoms with Gasteiger partial charge in [-0.2, -0.15) is 15.1 Å². The van der Waals surface area contributed by atoms with Crippen LogP contribution >= 0.6 is 0 Å². The molecule has 0 saturated carbocycles. The second-order valence-corrected chi connectivity index (χ2v) is 9.56. The summed E-state index contributed by atoms with van der Waals surface area (Å²) in [6.45, 7) is 7.96. The van der Waals surface area contributed by atoms with Gasteiger partial charge in [0.2, 0.25) is 5.95 Å². The third-order valence-electron chi connectivity index (χ3n) is 6.81. The molecule has 12 nitrogen and oxygen atoms in total. The van der Waals surface area contributed by atoms with E-state index in [1.165, 1.54) is 0 Å². The maximum absolute atomic E-state index is 5.80. The Balaban J connectivity index is 1.24. The molecule has 0 spiro atoms. The molecule has 3 N–H and O–H groups in total. The number of pyridine rings is 1. The number of aromatic nitrogens is 6. The number of aryl methyl sites for hydroxylation is 1. The highest BCUT2D eigenvalue weighted by molar-refractivity contribution is 5.60. The number of rotatable bonds is 9. The largest absolute Gasteiger partial charge is 0.379 e. The zero-order chi connectivity index (χ0) is 25.7. The van der Waals surface area contributed by atoms with Crippen molar-refractivity contribution in [1.82, 2.24) is 35.2 Å². The Kier molecular flexibility index (Phi) is 7.14. The van der Waals surface area contributed by atoms with Crippen LogP contribution in [0.2, 0.25) is 0 Å². The van der Waals surface area contributed by atoms with Gasteiger partial charge in [0.15, 0.2) is 11.6 Å². The molecule has 0 radical (unpaired) electrons. The molecule has 2 fully saturated rings. The molecule has 0 aromatic carbocycles. The molecule has 4 aromatic rings. The molecule has 6 heterocycles. The topological polar surface area (TPSA) is 133 Å². The van der Waals surface area contributed by atoms with Crippen molar-refractivity contribution in [3.8, 4) is 11.4 Å². The molecular weight excluding hydrogens is 484 g/mol. The highest BCUT2D eigenvalue weighted by Crippen LogP contribution is 2.37. The third kappa shape index (κ3) is 5.60. The molecule has 38 heavy (non-hydrogen) atoms. The van der Waals surface area contributed by atoms with Crippen molar-refractivity contribution in [1.29, 1.82) is 0 Å². The van der Waals surface area contributed by atoms with Gasteiger partial charge in [-0.1, -0.05) is 11.2 Å². The Hall–Kier alpha value is -4.03. The van der Waals surface area contributed by atoms with Crippen LogP contribution in [-0.2, 0) is 4.74 Å². The Morgan fingerprint density at radius 3 is 2.74 bits per heavy atom. The number of morpholine rings is 1. The first-order valence-corrected chi connectivity index (χ1v) is 13.1. The zero-order valence-corrected chi connectivity index (χ0v) is 21.4. The fraction of sp³-hybridized carbons (Fsp3) is 0.423. The van der Waals surface area contributed by atoms with Crippen molar-refractivity contribution in [2.45, 2.75) is 25.8 Å². The van der Waals surface area contributed by atoms with Gasteiger partial charge in [0, 0.05) is 62.8 Å². The molecule has 198 valence electrons. The molecule has 0 unspecified atom stereocenters. The van der Waals surface area contributed by atoms with E-state index in [4.69, 9.17) is 19.2 Å². The molecule has 2 aliphatic heterocycles. The minimum absolute atomic E-state index is 0.0101. The van der Waals surface area contributed by atoms with Gasteiger partial charge in [-0.3, -0.25) is 15.0 Å². The highest BCUT2D eigenvalue weighted by Gasteiger charge is 2.32. The monoisotopic (exact) mass is 516 g/mol. The second-order valence-electron chi connectivity index (χ2n) is 9.56. The van der Waals surface area contributed by atoms with Crippen LogP contribution in [0, 0.1) is 6.92 Å². The molecule has 12 heteroatoms. The number of aromatic amines is 1. The lowest BCUT2D eigenvalue weighted by Crippen LogP contribution is -2.39. The van der Waals surface area contributed by atoms with Crippen molar-refractivity contribution in [3.63, 3.8) is 0 Å². The van der Waals surface area contributed by atoms with E-state index in [2.05, 4.69) is 40.8 Å². The molecule has 0 aliphatic carbocycles. The van der Waals surface area contributed by atoms with Crippen LogP contribution in [0.3, 0.4) is 0 Å². The first-order valence-electron chi connectivity index (χ1n) is 13.1. The quantitative estimate of drug-likeness (QED) is 0.302. The fourth-order valence-corrected chi connectivity index (χ4v) is 4.88. The smallest absolute Gasteiger partial charge is 0.229 e. The number of nitrogens with one attached hydrogen (secondary N) is 3. The van der Waals surface area contributed by atoms with Crippen LogP contribution < -0.4 is 15.5 Å². The summed E-state index contributed by atoms with van der Waals surface area (Å²) in [4.78, 5) is 18.8. The SMILES string of the molecule is Cc1cc(Nc2cc(NCCN3CCOCC3)nc(N3CCC[C@H]3c3cc(-c4ccccn4)no3)n2)n[nH]1. The highest BCUT2D eigenvalue weighted by atomic mass is 16.5. The molecule has 0 amide bonds. The number of H-pyrrole nitrogens is 1. The molecule has 0 bridgehead atoms. The summed E-state index contributed by atoms with van der Waals surface area (Å²) >= 11 is 0. The zero-order valence-electron chi connectivity index (χ0n) is 21.4. The minimum Gasteiger partial charge on any atom is -0.379 e. The van der Waals surface area contributed by atoms with Crippen molar-refractivity contribution < 1.29 is 9.26 Å². The van der Waals surface area contributed by atoms with Crippen LogP contribution in [0.4, 0.5) is 23.4 Å². The van der Waals surface area contributed by atoms with Crippen LogP contribution in [0.5, 0.6) is 0 Å². The summed E-state index contributed by atoms with van der Waals surface area (Å²) in [6, 6.07) is 11.6. The standard InChI is InChI=1S/C26H32N10O2/c1-18-15-25(33-32-18)29-24-17-23(28-8-10-35-11-13-37-14-12-35)30-26(31-24)36-9-4-6-21(36)22-16-20(34-38-22)19-5-2-3-7-27-19/h2-3,5,7,15-17,21H,4,6,8-14H2,1H3,(H3,28,29,30,31,32,33)/t21-/m0/s1. The Morgan fingerprint density at radius 2 is 1.92 bits per heavy atom. The molecule has 2 saturated heterocycles. The van der Waals surface area contributed by atoms with E-state index in [0.717, 1.165) is 87.4 Å². The van der Waals surface area contributed by atoms with Gasteiger partial charge in [0.25, 0.3) is 0 Å². The van der Waals surface area contributed by atoms with Gasteiger partial charge in [-0.25, -0.2) is 0 Å². The van der Waals surface area contributed by atoms with Gasteiger partial charge in [0.05, 0.1) is 24.9 Å². The van der Waals surface area contributed by atoms with Crippen LogP contribution in [0.15, 0.2) is 47.1 Å². The van der Waals surface area contributed by atoms with Crippen molar-refractivity contribution in [3.05, 3.63) is 54.0 Å². The number of anilines is 4. The first-order chi connectivity index (χ1) is 18.7. The number of hydrogen-bond acceptors (Lipinski definition) is 11. The number of ether oxygens (including phenoxy) is 1. The van der Waals surface area contributed by atoms with Gasteiger partial charge in [-0.05, 0) is 31.9 Å². The van der Waals surface area contributed by atoms with Gasteiger partial charge < -0.3 is 24.8 Å². The number of hydrogen-bond donors (Lipinski definition) is 3. The van der Waals surface area contributed by atoms with Gasteiger partial charge >= 0.3 is 0 Å². The molecule has 1 atom stereocenters. The Labute approximate surface area is 220 Å². The van der Waals surface area contributed by atoms with Gasteiger partial charge in [0.1, 0.15) is 17.3 Å².